The number of fused-ring (bicyclic) bond motifs is 1. The molecule has 2 heteroatoms. The predicted octanol–water partition coefficient (Wildman–Crippen LogP) is 4.20. The summed E-state index contributed by atoms with van der Waals surface area (Å²) in [6, 6.07) is 6.65. The minimum Gasteiger partial charge on any atom is -0.464 e. The van der Waals surface area contributed by atoms with Crippen molar-refractivity contribution in [3.8, 4) is 0 Å². The molecule has 0 unspecified atom stereocenters. The van der Waals surface area contributed by atoms with Gasteiger partial charge in [0.05, 0.1) is 6.26 Å². The van der Waals surface area contributed by atoms with Gasteiger partial charge in [0.15, 0.2) is 0 Å². The Morgan fingerprint density at radius 3 is 2.58 bits per heavy atom. The Bertz CT molecular complexity index is 570. The highest BCUT2D eigenvalue weighted by molar-refractivity contribution is 5.82. The summed E-state index contributed by atoms with van der Waals surface area (Å²) in [4.78, 5) is 0. The summed E-state index contributed by atoms with van der Waals surface area (Å²) < 4.78 is 5.75. The average Bonchev–Trinajstić information content (AvgIpc) is 2.81. The summed E-state index contributed by atoms with van der Waals surface area (Å²) >= 11 is 0. The number of nitrogens with one attached hydrogen (secondary N) is 1. The van der Waals surface area contributed by atoms with E-state index >= 15 is 0 Å². The van der Waals surface area contributed by atoms with E-state index in [1.807, 2.05) is 6.26 Å². The number of hydrogen-bond acceptors (Lipinski definition) is 2. The van der Waals surface area contributed by atoms with Crippen molar-refractivity contribution >= 4 is 11.0 Å². The molecule has 0 aliphatic carbocycles. The van der Waals surface area contributed by atoms with Gasteiger partial charge < -0.3 is 9.73 Å². The standard InChI is InChI=1S/C17H23NO/c1-17(2,3)13-4-5-16-14(10-13)15(11-19-16)12-6-8-18-9-7-12/h4-5,10-12,18H,6-9H2,1-3H3. The predicted molar refractivity (Wildman–Crippen MR) is 79.8 cm³/mol. The second kappa shape index (κ2) is 4.68. The minimum atomic E-state index is 0.191. The summed E-state index contributed by atoms with van der Waals surface area (Å²) in [7, 11) is 0. The molecule has 0 atom stereocenters. The quantitative estimate of drug-likeness (QED) is 0.828. The van der Waals surface area contributed by atoms with Crippen LogP contribution in [0.3, 0.4) is 0 Å². The lowest BCUT2D eigenvalue weighted by Gasteiger charge is -2.22. The van der Waals surface area contributed by atoms with E-state index in [0.717, 1.165) is 18.7 Å². The van der Waals surface area contributed by atoms with Gasteiger partial charge in [0.1, 0.15) is 5.58 Å². The van der Waals surface area contributed by atoms with Gasteiger partial charge in [0.25, 0.3) is 0 Å². The third-order valence-corrected chi connectivity index (χ3v) is 4.25. The highest BCUT2D eigenvalue weighted by atomic mass is 16.3. The first-order chi connectivity index (χ1) is 9.05. The first-order valence-corrected chi connectivity index (χ1v) is 7.28. The molecule has 1 aromatic carbocycles. The maximum absolute atomic E-state index is 5.75. The summed E-state index contributed by atoms with van der Waals surface area (Å²) in [6.45, 7) is 9.03. The number of rotatable bonds is 1. The van der Waals surface area contributed by atoms with Crippen LogP contribution in [0, 0.1) is 0 Å². The van der Waals surface area contributed by atoms with Gasteiger partial charge in [0, 0.05) is 10.9 Å². The second-order valence-corrected chi connectivity index (χ2v) is 6.68. The van der Waals surface area contributed by atoms with Gasteiger partial charge in [-0.05, 0) is 55.0 Å². The van der Waals surface area contributed by atoms with Crippen LogP contribution in [0.25, 0.3) is 11.0 Å². The lowest BCUT2D eigenvalue weighted by molar-refractivity contribution is 0.457. The highest BCUT2D eigenvalue weighted by Crippen LogP contribution is 2.35. The van der Waals surface area contributed by atoms with E-state index in [9.17, 15) is 0 Å². The Labute approximate surface area is 115 Å². The number of benzene rings is 1. The maximum Gasteiger partial charge on any atom is 0.134 e. The molecule has 3 rings (SSSR count). The molecule has 0 bridgehead atoms. The Kier molecular flexibility index (Phi) is 3.14. The van der Waals surface area contributed by atoms with Crippen molar-refractivity contribution < 1.29 is 4.42 Å². The molecule has 1 aliphatic rings. The van der Waals surface area contributed by atoms with E-state index in [4.69, 9.17) is 4.42 Å². The molecule has 102 valence electrons. The topological polar surface area (TPSA) is 25.2 Å². The van der Waals surface area contributed by atoms with Crippen LogP contribution < -0.4 is 5.32 Å². The van der Waals surface area contributed by atoms with Crippen molar-refractivity contribution in [2.45, 2.75) is 44.9 Å². The van der Waals surface area contributed by atoms with Gasteiger partial charge in [-0.2, -0.15) is 0 Å². The smallest absolute Gasteiger partial charge is 0.134 e. The summed E-state index contributed by atoms with van der Waals surface area (Å²) in [6.07, 6.45) is 4.41. The number of hydrogen-bond donors (Lipinski definition) is 1. The van der Waals surface area contributed by atoms with Gasteiger partial charge in [-0.3, -0.25) is 0 Å². The normalized spacial score (nSPS) is 18.1. The summed E-state index contributed by atoms with van der Waals surface area (Å²) in [5.74, 6) is 0.651. The largest absolute Gasteiger partial charge is 0.464 e. The van der Waals surface area contributed by atoms with Crippen LogP contribution in [-0.2, 0) is 5.41 Å². The molecule has 1 fully saturated rings. The molecule has 19 heavy (non-hydrogen) atoms. The lowest BCUT2D eigenvalue weighted by atomic mass is 9.84. The Balaban J connectivity index is 2.05. The lowest BCUT2D eigenvalue weighted by Crippen LogP contribution is -2.26. The molecule has 0 spiro atoms. The molecule has 1 aliphatic heterocycles. The van der Waals surface area contributed by atoms with Crippen molar-refractivity contribution in [1.29, 1.82) is 0 Å². The Morgan fingerprint density at radius 2 is 1.89 bits per heavy atom. The fourth-order valence-corrected chi connectivity index (χ4v) is 2.96. The Morgan fingerprint density at radius 1 is 1.16 bits per heavy atom. The van der Waals surface area contributed by atoms with Crippen molar-refractivity contribution in [2.75, 3.05) is 13.1 Å². The first-order valence-electron chi connectivity index (χ1n) is 7.28. The van der Waals surface area contributed by atoms with E-state index in [1.54, 1.807) is 0 Å². The summed E-state index contributed by atoms with van der Waals surface area (Å²) in [5, 5.41) is 4.75. The van der Waals surface area contributed by atoms with Gasteiger partial charge in [0.2, 0.25) is 0 Å². The van der Waals surface area contributed by atoms with Crippen LogP contribution in [0.1, 0.15) is 50.7 Å². The van der Waals surface area contributed by atoms with Crippen molar-refractivity contribution in [3.63, 3.8) is 0 Å². The van der Waals surface area contributed by atoms with Crippen LogP contribution in [0.2, 0.25) is 0 Å². The first kappa shape index (κ1) is 12.7. The molecule has 0 saturated carbocycles. The zero-order chi connectivity index (χ0) is 13.5. The van der Waals surface area contributed by atoms with E-state index in [0.29, 0.717) is 5.92 Å². The van der Waals surface area contributed by atoms with Crippen LogP contribution in [0.5, 0.6) is 0 Å². The van der Waals surface area contributed by atoms with Crippen LogP contribution in [0.15, 0.2) is 28.9 Å². The minimum absolute atomic E-state index is 0.191. The van der Waals surface area contributed by atoms with E-state index < -0.39 is 0 Å². The molecule has 2 heterocycles. The van der Waals surface area contributed by atoms with Gasteiger partial charge in [-0.25, -0.2) is 0 Å². The SMILES string of the molecule is CC(C)(C)c1ccc2occ(C3CCNCC3)c2c1. The molecule has 1 saturated heterocycles. The fraction of sp³-hybridized carbons (Fsp3) is 0.529. The van der Waals surface area contributed by atoms with Crippen molar-refractivity contribution in [1.82, 2.24) is 5.32 Å². The second-order valence-electron chi connectivity index (χ2n) is 6.68. The van der Waals surface area contributed by atoms with Crippen molar-refractivity contribution in [3.05, 3.63) is 35.6 Å². The van der Waals surface area contributed by atoms with Crippen LogP contribution >= 0.6 is 0 Å². The van der Waals surface area contributed by atoms with Crippen molar-refractivity contribution in [2.24, 2.45) is 0 Å². The number of piperidine rings is 1. The third-order valence-electron chi connectivity index (χ3n) is 4.25. The van der Waals surface area contributed by atoms with E-state index in [-0.39, 0.29) is 5.41 Å². The number of furan rings is 1. The van der Waals surface area contributed by atoms with E-state index in [1.165, 1.54) is 29.4 Å². The highest BCUT2D eigenvalue weighted by Gasteiger charge is 2.21. The van der Waals surface area contributed by atoms with Crippen LogP contribution in [0.4, 0.5) is 0 Å². The molecule has 0 amide bonds. The molecular formula is C17H23NO. The molecule has 1 N–H and O–H groups in total. The zero-order valence-electron chi connectivity index (χ0n) is 12.1. The zero-order valence-corrected chi connectivity index (χ0v) is 12.1. The Hall–Kier alpha value is -1.28. The monoisotopic (exact) mass is 257 g/mol. The van der Waals surface area contributed by atoms with E-state index in [2.05, 4.69) is 44.3 Å². The van der Waals surface area contributed by atoms with Crippen LogP contribution in [-0.4, -0.2) is 13.1 Å². The molecule has 2 aromatic rings. The molecular weight excluding hydrogens is 234 g/mol. The summed E-state index contributed by atoms with van der Waals surface area (Å²) in [5.41, 5.74) is 4.01. The fourth-order valence-electron chi connectivity index (χ4n) is 2.96. The molecule has 1 aromatic heterocycles. The average molecular weight is 257 g/mol. The molecule has 2 nitrogen and oxygen atoms in total. The van der Waals surface area contributed by atoms with Gasteiger partial charge >= 0.3 is 0 Å². The maximum atomic E-state index is 5.75. The van der Waals surface area contributed by atoms with Gasteiger partial charge in [-0.1, -0.05) is 26.8 Å². The molecule has 0 radical (unpaired) electrons. The third kappa shape index (κ3) is 2.42. The van der Waals surface area contributed by atoms with Gasteiger partial charge in [-0.15, -0.1) is 0 Å².